The van der Waals surface area contributed by atoms with E-state index < -0.39 is 0 Å². The van der Waals surface area contributed by atoms with Crippen LogP contribution in [0.5, 0.6) is 0 Å². The second-order valence-corrected chi connectivity index (χ2v) is 6.03. The Bertz CT molecular complexity index is 163. The molecule has 2 bridgehead atoms. The quantitative estimate of drug-likeness (QED) is 0.305. The summed E-state index contributed by atoms with van der Waals surface area (Å²) in [5.74, 6) is 0. The monoisotopic (exact) mass is 281 g/mol. The van der Waals surface area contributed by atoms with Gasteiger partial charge in [-0.1, -0.05) is 0 Å². The number of fused-ring (bicyclic) bond motifs is 2. The molecule has 0 N–H and O–H groups in total. The van der Waals surface area contributed by atoms with Crippen LogP contribution in [-0.4, -0.2) is 45.2 Å². The van der Waals surface area contributed by atoms with Crippen LogP contribution in [0.3, 0.4) is 0 Å². The Morgan fingerprint density at radius 1 is 1.17 bits per heavy atom. The summed E-state index contributed by atoms with van der Waals surface area (Å²) in [4.78, 5) is 4.92. The fourth-order valence-corrected chi connectivity index (χ4v) is 5.05. The van der Waals surface area contributed by atoms with Crippen LogP contribution in [0.1, 0.15) is 19.3 Å². The average Bonchev–Trinajstić information content (AvgIpc) is 2.34. The van der Waals surface area contributed by atoms with Crippen molar-refractivity contribution in [2.45, 2.75) is 31.3 Å². The summed E-state index contributed by atoms with van der Waals surface area (Å²) < 4.78 is 2.82. The molecule has 2 saturated heterocycles. The third kappa shape index (κ3) is 1.63. The Labute approximate surface area is 85.9 Å². The van der Waals surface area contributed by atoms with Crippen LogP contribution < -0.4 is 21.5 Å². The van der Waals surface area contributed by atoms with Crippen molar-refractivity contribution in [3.8, 4) is 0 Å². The van der Waals surface area contributed by atoms with E-state index in [1.54, 1.807) is 0 Å². The van der Waals surface area contributed by atoms with Crippen LogP contribution in [0.25, 0.3) is 0 Å². The molecule has 2 nitrogen and oxygen atoms in total. The van der Waals surface area contributed by atoms with Crippen molar-refractivity contribution < 1.29 is 21.5 Å². The molecule has 0 radical (unpaired) electrons. The van der Waals surface area contributed by atoms with E-state index in [1.165, 1.54) is 32.4 Å². The van der Waals surface area contributed by atoms with E-state index >= 15 is 0 Å². The van der Waals surface area contributed by atoms with E-state index in [2.05, 4.69) is 20.0 Å². The van der Waals surface area contributed by atoms with E-state index in [9.17, 15) is 0 Å². The van der Waals surface area contributed by atoms with E-state index in [-0.39, 0.29) is 0 Å². The number of hydrogen-bond acceptors (Lipinski definition) is 2. The van der Waals surface area contributed by atoms with Gasteiger partial charge in [-0.15, -0.1) is 0 Å². The molecule has 72 valence electrons. The Morgan fingerprint density at radius 2 is 1.92 bits per heavy atom. The third-order valence-electron chi connectivity index (χ3n) is 3.09. The van der Waals surface area contributed by atoms with Crippen LogP contribution in [0.15, 0.2) is 0 Å². The van der Waals surface area contributed by atoms with Crippen molar-refractivity contribution in [2.24, 2.45) is 0 Å². The third-order valence-corrected chi connectivity index (χ3v) is 5.78. The van der Waals surface area contributed by atoms with Crippen molar-refractivity contribution in [1.82, 2.24) is 8.01 Å². The molecule has 2 atom stereocenters. The Kier molecular flexibility index (Phi) is 2.92. The van der Waals surface area contributed by atoms with Crippen LogP contribution in [0.2, 0.25) is 0 Å². The molecule has 0 aromatic heterocycles. The van der Waals surface area contributed by atoms with Gasteiger partial charge in [0, 0.05) is 0 Å². The van der Waals surface area contributed by atoms with Crippen molar-refractivity contribution in [3.05, 3.63) is 0 Å². The van der Waals surface area contributed by atoms with E-state index in [4.69, 9.17) is 0 Å². The number of likely N-dealkylation sites (tertiary alicyclic amines) is 1. The predicted molar refractivity (Wildman–Crippen MR) is 46.7 cm³/mol. The number of alkyl halides is 1. The maximum absolute atomic E-state index is 2.82. The van der Waals surface area contributed by atoms with Crippen molar-refractivity contribution in [3.63, 3.8) is 0 Å². The predicted octanol–water partition coefficient (Wildman–Crippen LogP) is -2.21. The molecule has 0 saturated carbocycles. The second-order valence-electron chi connectivity index (χ2n) is 3.95. The number of halogens is 1. The molecule has 0 aromatic rings. The molecular weight excluding hydrogens is 263 g/mol. The normalized spacial score (nSPS) is 38.8. The van der Waals surface area contributed by atoms with Gasteiger partial charge >= 0.3 is 85.9 Å². The number of rotatable bonds is 1. The summed E-state index contributed by atoms with van der Waals surface area (Å²) in [7, 11) is 2.27. The van der Waals surface area contributed by atoms with Crippen LogP contribution >= 0.6 is 0 Å². The summed E-state index contributed by atoms with van der Waals surface area (Å²) in [6.07, 6.45) is 4.36. The molecule has 2 unspecified atom stereocenters. The fraction of sp³-hybridized carbons (Fsp3) is 1.00. The Hall–Kier alpha value is 0.650. The van der Waals surface area contributed by atoms with E-state index in [0.29, 0.717) is 21.5 Å². The van der Waals surface area contributed by atoms with Gasteiger partial charge in [0.25, 0.3) is 0 Å². The first-order valence-electron chi connectivity index (χ1n) is 4.78. The summed E-state index contributed by atoms with van der Waals surface area (Å²) in [6.45, 7) is 2.64. The molecule has 0 amide bonds. The molecule has 3 heteroatoms. The summed E-state index contributed by atoms with van der Waals surface area (Å²) in [5.41, 5.74) is 0. The van der Waals surface area contributed by atoms with Gasteiger partial charge in [-0.3, -0.25) is 0 Å². The standard InChI is InChI=1S/C9H18IN2/c1-10-12-8-3-4-9(12)7-11(2)6-5-8/h8-9H,3-7H2,1-2H3/q-1. The van der Waals surface area contributed by atoms with Crippen LogP contribution in [0.4, 0.5) is 0 Å². The minimum absolute atomic E-state index is 0.338. The molecule has 2 aliphatic heterocycles. The second kappa shape index (κ2) is 3.80. The van der Waals surface area contributed by atoms with E-state index in [1.807, 2.05) is 0 Å². The van der Waals surface area contributed by atoms with E-state index in [0.717, 1.165) is 12.1 Å². The first-order valence-corrected chi connectivity index (χ1v) is 7.90. The van der Waals surface area contributed by atoms with Gasteiger partial charge in [-0.05, 0) is 0 Å². The van der Waals surface area contributed by atoms with Gasteiger partial charge in [0.1, 0.15) is 0 Å². The molecule has 0 aliphatic carbocycles. The summed E-state index contributed by atoms with van der Waals surface area (Å²) in [5, 5.41) is 0. The molecule has 2 aliphatic rings. The van der Waals surface area contributed by atoms with Gasteiger partial charge in [-0.2, -0.15) is 0 Å². The Balaban J connectivity index is 2.07. The van der Waals surface area contributed by atoms with Crippen molar-refractivity contribution >= 4 is 0 Å². The Morgan fingerprint density at radius 3 is 2.67 bits per heavy atom. The molecule has 0 spiro atoms. The van der Waals surface area contributed by atoms with Gasteiger partial charge in [0.2, 0.25) is 0 Å². The van der Waals surface area contributed by atoms with Crippen molar-refractivity contribution in [1.29, 1.82) is 0 Å². The van der Waals surface area contributed by atoms with Gasteiger partial charge < -0.3 is 0 Å². The zero-order chi connectivity index (χ0) is 8.55. The minimum atomic E-state index is 0.338. The molecular formula is C9H18IN2-. The SMILES string of the molecule is C[I-]N1C2CCC1CN(C)CC2. The number of nitrogens with zero attached hydrogens (tertiary/aromatic N) is 2. The summed E-state index contributed by atoms with van der Waals surface area (Å²) in [6, 6.07) is 1.87. The van der Waals surface area contributed by atoms with Crippen LogP contribution in [0, 0.1) is 0 Å². The first kappa shape index (κ1) is 9.21. The fourth-order valence-electron chi connectivity index (χ4n) is 2.46. The molecule has 2 fully saturated rings. The first-order chi connectivity index (χ1) is 5.81. The molecule has 12 heavy (non-hydrogen) atoms. The molecule has 2 rings (SSSR count). The maximum atomic E-state index is 2.82. The number of hydrogen-bond donors (Lipinski definition) is 0. The average molecular weight is 281 g/mol. The van der Waals surface area contributed by atoms with Crippen molar-refractivity contribution in [2.75, 3.05) is 25.1 Å². The molecule has 0 aromatic carbocycles. The van der Waals surface area contributed by atoms with Gasteiger partial charge in [0.15, 0.2) is 0 Å². The summed E-state index contributed by atoms with van der Waals surface area (Å²) >= 11 is 0.338. The molecule has 2 heterocycles. The number of likely N-dealkylation sites (N-methyl/N-ethyl adjacent to an activating group) is 1. The van der Waals surface area contributed by atoms with Gasteiger partial charge in [-0.25, -0.2) is 0 Å². The van der Waals surface area contributed by atoms with Gasteiger partial charge in [0.05, 0.1) is 0 Å². The zero-order valence-corrected chi connectivity index (χ0v) is 10.1. The topological polar surface area (TPSA) is 6.48 Å². The van der Waals surface area contributed by atoms with Crippen LogP contribution in [-0.2, 0) is 0 Å². The zero-order valence-electron chi connectivity index (χ0n) is 7.96.